The van der Waals surface area contributed by atoms with E-state index in [0.29, 0.717) is 10.4 Å². The molecule has 1 heterocycles. The molecule has 6 heteroatoms. The monoisotopic (exact) mass is 382 g/mol. The standard InChI is InChI=1S/C16H22Cl3NOS/c1-3-4-5-6-11-20(13-7-9-14(21)10-8-13)12-15(2,17)16(18,19)22-20/h7-10H,3-6,11-12H2,1-2H3/p+1. The predicted molar refractivity (Wildman–Crippen MR) is 100 cm³/mol. The van der Waals surface area contributed by atoms with Crippen LogP contribution in [-0.4, -0.2) is 26.7 Å². The van der Waals surface area contributed by atoms with Crippen LogP contribution in [0.5, 0.6) is 5.75 Å². The summed E-state index contributed by atoms with van der Waals surface area (Å²) in [6.07, 6.45) is 4.71. The van der Waals surface area contributed by atoms with E-state index in [2.05, 4.69) is 6.92 Å². The van der Waals surface area contributed by atoms with E-state index in [4.69, 9.17) is 34.8 Å². The first kappa shape index (κ1) is 18.5. The van der Waals surface area contributed by atoms with Gasteiger partial charge in [-0.15, -0.1) is 11.6 Å². The number of alkyl halides is 3. The van der Waals surface area contributed by atoms with Gasteiger partial charge in [0.05, 0.1) is 6.54 Å². The fraction of sp³-hybridized carbons (Fsp3) is 0.625. The van der Waals surface area contributed by atoms with Crippen LogP contribution in [0.2, 0.25) is 0 Å². The van der Waals surface area contributed by atoms with Crippen molar-refractivity contribution in [3.05, 3.63) is 24.3 Å². The summed E-state index contributed by atoms with van der Waals surface area (Å²) < 4.78 is -0.450. The quantitative estimate of drug-likeness (QED) is 0.278. The highest BCUT2D eigenvalue weighted by atomic mass is 35.5. The van der Waals surface area contributed by atoms with Gasteiger partial charge in [0.15, 0.2) is 0 Å². The second-order valence-electron chi connectivity index (χ2n) is 6.15. The van der Waals surface area contributed by atoms with Crippen LogP contribution in [0.15, 0.2) is 24.3 Å². The molecule has 2 nitrogen and oxygen atoms in total. The normalized spacial score (nSPS) is 30.6. The van der Waals surface area contributed by atoms with Crippen LogP contribution >= 0.6 is 46.8 Å². The number of quaternary nitrogens is 1. The molecule has 1 N–H and O–H groups in total. The minimum Gasteiger partial charge on any atom is -0.508 e. The third kappa shape index (κ3) is 3.81. The summed E-state index contributed by atoms with van der Waals surface area (Å²) in [7, 11) is 0. The number of phenolic OH excluding ortho intramolecular Hbond substituents is 1. The average molecular weight is 384 g/mol. The van der Waals surface area contributed by atoms with Gasteiger partial charge in [-0.2, -0.15) is 0 Å². The van der Waals surface area contributed by atoms with Crippen molar-refractivity contribution in [2.45, 2.75) is 48.1 Å². The summed E-state index contributed by atoms with van der Waals surface area (Å²) in [5.41, 5.74) is 1.08. The third-order valence-electron chi connectivity index (χ3n) is 4.14. The Bertz CT molecular complexity index is 489. The highest BCUT2D eigenvalue weighted by Gasteiger charge is 2.64. The van der Waals surface area contributed by atoms with Crippen LogP contribution in [-0.2, 0) is 0 Å². The van der Waals surface area contributed by atoms with E-state index in [-0.39, 0.29) is 5.75 Å². The highest BCUT2D eigenvalue weighted by Crippen LogP contribution is 2.60. The van der Waals surface area contributed by atoms with Crippen LogP contribution in [0, 0.1) is 0 Å². The lowest BCUT2D eigenvalue weighted by molar-refractivity contribution is 0.422. The molecule has 0 amide bonds. The van der Waals surface area contributed by atoms with E-state index in [1.807, 2.05) is 19.1 Å². The Morgan fingerprint density at radius 1 is 1.14 bits per heavy atom. The van der Waals surface area contributed by atoms with Gasteiger partial charge in [-0.05, 0) is 31.9 Å². The average Bonchev–Trinajstić information content (AvgIpc) is 2.62. The lowest BCUT2D eigenvalue weighted by Gasteiger charge is -2.31. The minimum atomic E-state index is -1.04. The maximum absolute atomic E-state index is 9.54. The number of halogens is 3. The van der Waals surface area contributed by atoms with E-state index < -0.39 is 8.54 Å². The minimum absolute atomic E-state index is 0.258. The van der Waals surface area contributed by atoms with E-state index >= 15 is 0 Å². The van der Waals surface area contributed by atoms with Gasteiger partial charge in [0.2, 0.25) is 3.67 Å². The van der Waals surface area contributed by atoms with E-state index in [0.717, 1.165) is 18.7 Å². The number of hydrogen-bond donors (Lipinski definition) is 1. The zero-order valence-electron chi connectivity index (χ0n) is 13.0. The number of nitrogens with zero attached hydrogens (tertiary/aromatic N) is 1. The number of hydrogen-bond acceptors (Lipinski definition) is 2. The molecule has 22 heavy (non-hydrogen) atoms. The molecule has 0 aromatic heterocycles. The van der Waals surface area contributed by atoms with Crippen LogP contribution in [0.25, 0.3) is 0 Å². The first-order valence-electron chi connectivity index (χ1n) is 7.67. The Morgan fingerprint density at radius 2 is 1.77 bits per heavy atom. The second-order valence-corrected chi connectivity index (χ2v) is 10.3. The van der Waals surface area contributed by atoms with Crippen LogP contribution in [0.4, 0.5) is 5.69 Å². The molecular weight excluding hydrogens is 361 g/mol. The molecule has 1 saturated heterocycles. The summed E-state index contributed by atoms with van der Waals surface area (Å²) in [5, 5.41) is 9.54. The Hall–Kier alpha value is 0.200. The lowest BCUT2D eigenvalue weighted by atomic mass is 10.1. The summed E-state index contributed by atoms with van der Waals surface area (Å²) in [5.74, 6) is 0.258. The van der Waals surface area contributed by atoms with E-state index in [9.17, 15) is 5.11 Å². The van der Waals surface area contributed by atoms with Crippen LogP contribution in [0.3, 0.4) is 0 Å². The molecule has 0 saturated carbocycles. The molecule has 1 aromatic carbocycles. The summed E-state index contributed by atoms with van der Waals surface area (Å²) in [6, 6.07) is 7.28. The van der Waals surface area contributed by atoms with Gasteiger partial charge in [-0.25, -0.2) is 3.89 Å². The Morgan fingerprint density at radius 3 is 2.27 bits per heavy atom. The van der Waals surface area contributed by atoms with E-state index in [1.165, 1.54) is 31.2 Å². The SMILES string of the molecule is CCCCCC[N+]1(c2ccc(O)cc2)CC(C)(Cl)C(Cl)(Cl)S1. The third-order valence-corrected chi connectivity index (χ3v) is 7.65. The molecular formula is C16H23Cl3NOS+. The number of aromatic hydroxyl groups is 1. The fourth-order valence-electron chi connectivity index (χ4n) is 2.83. The van der Waals surface area contributed by atoms with Crippen molar-refractivity contribution in [1.82, 2.24) is 3.89 Å². The van der Waals surface area contributed by atoms with Crippen molar-refractivity contribution in [2.75, 3.05) is 13.1 Å². The molecule has 1 fully saturated rings. The zero-order valence-corrected chi connectivity index (χ0v) is 16.1. The molecule has 2 rings (SSSR count). The molecule has 0 aliphatic carbocycles. The maximum atomic E-state index is 9.54. The van der Waals surface area contributed by atoms with Gasteiger partial charge in [-0.3, -0.25) is 0 Å². The second kappa shape index (κ2) is 6.98. The van der Waals surface area contributed by atoms with Gasteiger partial charge in [0.1, 0.15) is 34.8 Å². The van der Waals surface area contributed by atoms with Gasteiger partial charge >= 0.3 is 0 Å². The van der Waals surface area contributed by atoms with Gasteiger partial charge in [0.25, 0.3) is 0 Å². The smallest absolute Gasteiger partial charge is 0.240 e. The number of phenols is 1. The molecule has 2 unspecified atom stereocenters. The zero-order chi connectivity index (χ0) is 16.4. The topological polar surface area (TPSA) is 20.2 Å². The Labute approximate surface area is 152 Å². The summed E-state index contributed by atoms with van der Waals surface area (Å²) >= 11 is 21.1. The molecule has 1 aliphatic heterocycles. The van der Waals surface area contributed by atoms with Crippen LogP contribution in [0.1, 0.15) is 39.5 Å². The number of benzene rings is 1. The van der Waals surface area contributed by atoms with Crippen LogP contribution < -0.4 is 3.89 Å². The number of rotatable bonds is 6. The molecule has 2 atom stereocenters. The number of unbranched alkanes of at least 4 members (excludes halogenated alkanes) is 3. The predicted octanol–water partition coefficient (Wildman–Crippen LogP) is 6.07. The van der Waals surface area contributed by atoms with E-state index in [1.54, 1.807) is 12.1 Å². The molecule has 1 aromatic rings. The molecule has 124 valence electrons. The molecule has 1 aliphatic rings. The molecule has 0 spiro atoms. The van der Waals surface area contributed by atoms with Gasteiger partial charge < -0.3 is 5.11 Å². The molecule has 0 bridgehead atoms. The maximum Gasteiger partial charge on any atom is 0.240 e. The van der Waals surface area contributed by atoms with Gasteiger partial charge in [0, 0.05) is 12.1 Å². The van der Waals surface area contributed by atoms with Crippen molar-refractivity contribution < 1.29 is 5.11 Å². The van der Waals surface area contributed by atoms with Crippen molar-refractivity contribution in [1.29, 1.82) is 0 Å². The van der Waals surface area contributed by atoms with Crippen molar-refractivity contribution in [2.24, 2.45) is 0 Å². The van der Waals surface area contributed by atoms with Crippen molar-refractivity contribution in [3.63, 3.8) is 0 Å². The Balaban J connectivity index is 2.28. The molecule has 0 radical (unpaired) electrons. The van der Waals surface area contributed by atoms with Crippen molar-refractivity contribution in [3.8, 4) is 5.75 Å². The summed E-state index contributed by atoms with van der Waals surface area (Å²) in [6.45, 7) is 5.68. The first-order chi connectivity index (χ1) is 10.2. The highest BCUT2D eigenvalue weighted by molar-refractivity contribution is 8.03. The largest absolute Gasteiger partial charge is 0.508 e. The first-order valence-corrected chi connectivity index (χ1v) is 9.57. The van der Waals surface area contributed by atoms with Crippen molar-refractivity contribution >= 4 is 52.4 Å². The Kier molecular flexibility index (Phi) is 5.88. The van der Waals surface area contributed by atoms with Gasteiger partial charge in [-0.1, -0.05) is 43.0 Å². The fourth-order valence-corrected chi connectivity index (χ4v) is 5.59. The summed E-state index contributed by atoms with van der Waals surface area (Å²) in [4.78, 5) is -0.705. The lowest BCUT2D eigenvalue weighted by Crippen LogP contribution is -2.45.